The molecule has 5 nitrogen and oxygen atoms in total. The highest BCUT2D eigenvalue weighted by Crippen LogP contribution is 2.24. The number of carbonyl (C=O) groups is 2. The normalized spacial score (nSPS) is 20.0. The van der Waals surface area contributed by atoms with Crippen LogP contribution in [0.1, 0.15) is 35.2 Å². The molecule has 2 aromatic rings. The van der Waals surface area contributed by atoms with Crippen LogP contribution in [0.5, 0.6) is 0 Å². The quantitative estimate of drug-likeness (QED) is 0.704. The van der Waals surface area contributed by atoms with E-state index in [9.17, 15) is 9.59 Å². The van der Waals surface area contributed by atoms with Gasteiger partial charge in [0.05, 0.1) is 0 Å². The van der Waals surface area contributed by atoms with Crippen LogP contribution in [-0.2, 0) is 11.2 Å². The first-order chi connectivity index (χ1) is 13.2. The van der Waals surface area contributed by atoms with E-state index in [2.05, 4.69) is 10.6 Å². The van der Waals surface area contributed by atoms with Gasteiger partial charge in [0.15, 0.2) is 0 Å². The molecule has 1 fully saturated rings. The van der Waals surface area contributed by atoms with Crippen LogP contribution in [0.2, 0.25) is 0 Å². The molecule has 1 aliphatic carbocycles. The number of nitrogens with two attached hydrogens (primary N) is 1. The predicted molar refractivity (Wildman–Crippen MR) is 106 cm³/mol. The number of benzene rings is 2. The largest absolute Gasteiger partial charge is 0.351 e. The van der Waals surface area contributed by atoms with Crippen molar-refractivity contribution in [2.75, 3.05) is 6.54 Å². The predicted octanol–water partition coefficient (Wildman–Crippen LogP) is 2.27. The number of hydrogen-bond donors (Lipinski definition) is 3. The van der Waals surface area contributed by atoms with E-state index in [1.807, 2.05) is 48.5 Å². The van der Waals surface area contributed by atoms with Gasteiger partial charge in [-0.25, -0.2) is 0 Å². The van der Waals surface area contributed by atoms with Crippen LogP contribution in [0.4, 0.5) is 0 Å². The maximum atomic E-state index is 13.0. The lowest BCUT2D eigenvalue weighted by atomic mass is 10.0. The highest BCUT2D eigenvalue weighted by Gasteiger charge is 2.30. The summed E-state index contributed by atoms with van der Waals surface area (Å²) in [4.78, 5) is 25.6. The first-order valence-corrected chi connectivity index (χ1v) is 9.57. The van der Waals surface area contributed by atoms with Gasteiger partial charge in [-0.3, -0.25) is 9.59 Å². The van der Waals surface area contributed by atoms with Gasteiger partial charge in [0.25, 0.3) is 5.91 Å². The van der Waals surface area contributed by atoms with E-state index in [-0.39, 0.29) is 17.9 Å². The maximum absolute atomic E-state index is 13.0. The molecule has 0 radical (unpaired) electrons. The van der Waals surface area contributed by atoms with Gasteiger partial charge < -0.3 is 16.4 Å². The highest BCUT2D eigenvalue weighted by molar-refractivity contribution is 5.97. The number of nitrogens with one attached hydrogen (secondary N) is 2. The summed E-state index contributed by atoms with van der Waals surface area (Å²) in [7, 11) is 0. The zero-order valence-corrected chi connectivity index (χ0v) is 15.4. The van der Waals surface area contributed by atoms with Gasteiger partial charge in [0, 0.05) is 18.0 Å². The van der Waals surface area contributed by atoms with E-state index < -0.39 is 6.04 Å². The molecule has 27 heavy (non-hydrogen) atoms. The molecular weight excluding hydrogens is 338 g/mol. The van der Waals surface area contributed by atoms with Crippen molar-refractivity contribution in [1.82, 2.24) is 10.6 Å². The topological polar surface area (TPSA) is 84.2 Å². The fourth-order valence-corrected chi connectivity index (χ4v) is 3.68. The monoisotopic (exact) mass is 365 g/mol. The molecule has 1 aliphatic rings. The van der Waals surface area contributed by atoms with E-state index in [0.29, 0.717) is 24.4 Å². The number of hydrogen-bond acceptors (Lipinski definition) is 3. The van der Waals surface area contributed by atoms with Gasteiger partial charge in [-0.15, -0.1) is 0 Å². The summed E-state index contributed by atoms with van der Waals surface area (Å²) in [5.74, 6) is -0.0712. The Balaban J connectivity index is 1.72. The smallest absolute Gasteiger partial charge is 0.251 e. The molecule has 0 saturated heterocycles. The molecule has 0 spiro atoms. The Labute approximate surface area is 160 Å². The Kier molecular flexibility index (Phi) is 6.60. The highest BCUT2D eigenvalue weighted by atomic mass is 16.2. The van der Waals surface area contributed by atoms with Crippen molar-refractivity contribution in [2.45, 2.75) is 37.8 Å². The molecule has 0 aliphatic heterocycles. The van der Waals surface area contributed by atoms with Gasteiger partial charge in [-0.05, 0) is 43.0 Å². The van der Waals surface area contributed by atoms with Crippen LogP contribution in [0.3, 0.4) is 0 Å². The molecule has 0 aromatic heterocycles. The molecule has 2 aromatic carbocycles. The summed E-state index contributed by atoms with van der Waals surface area (Å²) >= 11 is 0. The van der Waals surface area contributed by atoms with E-state index in [1.165, 1.54) is 0 Å². The first kappa shape index (κ1) is 19.1. The van der Waals surface area contributed by atoms with Crippen LogP contribution in [-0.4, -0.2) is 30.4 Å². The fourth-order valence-electron chi connectivity index (χ4n) is 3.68. The molecule has 0 heterocycles. The molecule has 3 atom stereocenters. The maximum Gasteiger partial charge on any atom is 0.251 e. The average molecular weight is 365 g/mol. The third-order valence-electron chi connectivity index (χ3n) is 5.23. The lowest BCUT2D eigenvalue weighted by Crippen LogP contribution is -2.52. The fraction of sp³-hybridized carbons (Fsp3) is 0.364. The second-order valence-corrected chi connectivity index (χ2v) is 7.12. The molecule has 5 heteroatoms. The first-order valence-electron chi connectivity index (χ1n) is 9.57. The average Bonchev–Trinajstić information content (AvgIpc) is 3.16. The molecule has 3 unspecified atom stereocenters. The van der Waals surface area contributed by atoms with Gasteiger partial charge in [-0.2, -0.15) is 0 Å². The number of amides is 2. The molecule has 0 bridgehead atoms. The molecule has 142 valence electrons. The Morgan fingerprint density at radius 3 is 2.33 bits per heavy atom. The van der Waals surface area contributed by atoms with E-state index in [1.54, 1.807) is 12.1 Å². The second-order valence-electron chi connectivity index (χ2n) is 7.12. The van der Waals surface area contributed by atoms with E-state index >= 15 is 0 Å². The van der Waals surface area contributed by atoms with Crippen LogP contribution in [0.15, 0.2) is 60.7 Å². The SMILES string of the molecule is NCC1CCCC1NC(=O)C(Cc1ccccc1)NC(=O)c1ccccc1. The third kappa shape index (κ3) is 5.17. The summed E-state index contributed by atoms with van der Waals surface area (Å²) < 4.78 is 0. The second kappa shape index (κ2) is 9.33. The van der Waals surface area contributed by atoms with Crippen LogP contribution < -0.4 is 16.4 Å². The van der Waals surface area contributed by atoms with Gasteiger partial charge in [-0.1, -0.05) is 55.0 Å². The van der Waals surface area contributed by atoms with Crippen molar-refractivity contribution in [1.29, 1.82) is 0 Å². The van der Waals surface area contributed by atoms with Crippen molar-refractivity contribution in [3.63, 3.8) is 0 Å². The molecule has 3 rings (SSSR count). The number of carbonyl (C=O) groups excluding carboxylic acids is 2. The minimum Gasteiger partial charge on any atom is -0.351 e. The van der Waals surface area contributed by atoms with E-state index in [4.69, 9.17) is 5.73 Å². The Bertz CT molecular complexity index is 749. The van der Waals surface area contributed by atoms with Crippen molar-refractivity contribution >= 4 is 11.8 Å². The van der Waals surface area contributed by atoms with Gasteiger partial charge in [0.2, 0.25) is 5.91 Å². The Hall–Kier alpha value is -2.66. The minimum absolute atomic E-state index is 0.0920. The van der Waals surface area contributed by atoms with Gasteiger partial charge >= 0.3 is 0 Å². The summed E-state index contributed by atoms with van der Waals surface area (Å²) in [6.07, 6.45) is 3.51. The summed E-state index contributed by atoms with van der Waals surface area (Å²) in [6.45, 7) is 0.574. The zero-order valence-electron chi connectivity index (χ0n) is 15.4. The van der Waals surface area contributed by atoms with Crippen molar-refractivity contribution < 1.29 is 9.59 Å². The minimum atomic E-state index is -0.626. The van der Waals surface area contributed by atoms with Crippen molar-refractivity contribution in [3.8, 4) is 0 Å². The van der Waals surface area contributed by atoms with Gasteiger partial charge in [0.1, 0.15) is 6.04 Å². The lowest BCUT2D eigenvalue weighted by Gasteiger charge is -2.24. The molecule has 4 N–H and O–H groups in total. The number of rotatable bonds is 7. The summed E-state index contributed by atoms with van der Waals surface area (Å²) in [5, 5.41) is 6.03. The van der Waals surface area contributed by atoms with Crippen LogP contribution >= 0.6 is 0 Å². The standard InChI is InChI=1S/C22H27N3O2/c23-15-18-12-7-13-19(18)24-22(27)20(14-16-8-3-1-4-9-16)25-21(26)17-10-5-2-6-11-17/h1-6,8-11,18-20H,7,12-15,23H2,(H,24,27)(H,25,26). The van der Waals surface area contributed by atoms with Crippen LogP contribution in [0, 0.1) is 5.92 Å². The molecule has 2 amide bonds. The summed E-state index contributed by atoms with van der Waals surface area (Å²) in [5.41, 5.74) is 7.39. The Morgan fingerprint density at radius 1 is 1.00 bits per heavy atom. The zero-order chi connectivity index (χ0) is 19.1. The Morgan fingerprint density at radius 2 is 1.67 bits per heavy atom. The van der Waals surface area contributed by atoms with Crippen molar-refractivity contribution in [3.05, 3.63) is 71.8 Å². The van der Waals surface area contributed by atoms with Crippen LogP contribution in [0.25, 0.3) is 0 Å². The molecule has 1 saturated carbocycles. The lowest BCUT2D eigenvalue weighted by molar-refractivity contribution is -0.123. The van der Waals surface area contributed by atoms with Crippen molar-refractivity contribution in [2.24, 2.45) is 11.7 Å². The molecular formula is C22H27N3O2. The van der Waals surface area contributed by atoms with E-state index in [0.717, 1.165) is 24.8 Å². The third-order valence-corrected chi connectivity index (χ3v) is 5.23. The summed E-state index contributed by atoms with van der Waals surface area (Å²) in [6, 6.07) is 18.2.